The molecule has 0 spiro atoms. The summed E-state index contributed by atoms with van der Waals surface area (Å²) in [7, 11) is -25.1. The third kappa shape index (κ3) is 21.8. The lowest BCUT2D eigenvalue weighted by Crippen LogP contribution is -2.63. The van der Waals surface area contributed by atoms with Gasteiger partial charge in [-0.15, -0.1) is 0 Å². The minimum Gasteiger partial charge on any atom is -0.440 e. The average molecular weight is 822 g/mol. The van der Waals surface area contributed by atoms with Crippen molar-refractivity contribution in [3.63, 3.8) is 0 Å². The first-order valence-electron chi connectivity index (χ1n) is 15.4. The summed E-state index contributed by atoms with van der Waals surface area (Å²) in [6.07, 6.45) is 0. The highest BCUT2D eigenvalue weighted by atomic mass is 28.5. The number of hydrogen-bond acceptors (Lipinski definition) is 13. The maximum Gasteiger partial charge on any atom is 0.642 e. The minimum atomic E-state index is -3.63. The Morgan fingerprint density at radius 3 is 0.909 bits per heavy atom. The quantitative estimate of drug-likeness (QED) is 0.0942. The molecule has 0 aliphatic rings. The molecule has 24 heteroatoms. The van der Waals surface area contributed by atoms with Crippen LogP contribution < -0.4 is 0 Å². The Balaban J connectivity index is 5.72. The zero-order valence-corrected chi connectivity index (χ0v) is 43.0. The zero-order valence-electron chi connectivity index (χ0n) is 30.6. The maximum atomic E-state index is 6.73. The van der Waals surface area contributed by atoms with E-state index in [1.54, 1.807) is 0 Å². The van der Waals surface area contributed by atoms with Crippen LogP contribution in [0.15, 0.2) is 0 Å². The van der Waals surface area contributed by atoms with Crippen LogP contribution in [0.3, 0.4) is 0 Å². The molecule has 13 nitrogen and oxygen atoms in total. The highest BCUT2D eigenvalue weighted by molar-refractivity contribution is 6.91. The van der Waals surface area contributed by atoms with Gasteiger partial charge in [0, 0.05) is 19.8 Å². The first kappa shape index (κ1) is 45.9. The second-order valence-electron chi connectivity index (χ2n) is 12.9. The molecular formula is C20H64O13Si11. The Hall–Kier alpha value is 1.87. The van der Waals surface area contributed by atoms with Gasteiger partial charge in [0.05, 0.1) is 0 Å². The van der Waals surface area contributed by atoms with E-state index in [0.29, 0.717) is 19.8 Å². The highest BCUT2D eigenvalue weighted by Crippen LogP contribution is 2.29. The van der Waals surface area contributed by atoms with Gasteiger partial charge in [0.25, 0.3) is 30.0 Å². The van der Waals surface area contributed by atoms with Crippen molar-refractivity contribution in [2.75, 3.05) is 19.8 Å². The average Bonchev–Trinajstić information content (AvgIpc) is 2.73. The molecular weight excluding hydrogens is 757 g/mol. The fraction of sp³-hybridized carbons (Fsp3) is 1.00. The molecule has 0 atom stereocenters. The fourth-order valence-corrected chi connectivity index (χ4v) is 47.5. The summed E-state index contributed by atoms with van der Waals surface area (Å²) in [5.41, 5.74) is 0. The SMILES string of the molecule is CCO[SiH2]O[Si](O[SiH2]OCC)(O[SiH2]OCC)O[Si](C)(C)O[Si](C)(C)O[Si](C)(C)O[Si](C)(C)O[Si](C)(C)O[Si](C)(C)O[SiH](C)C. The van der Waals surface area contributed by atoms with Crippen molar-refractivity contribution in [2.24, 2.45) is 0 Å². The van der Waals surface area contributed by atoms with Gasteiger partial charge in [-0.1, -0.05) is 0 Å². The van der Waals surface area contributed by atoms with Crippen LogP contribution >= 0.6 is 0 Å². The molecule has 44 heavy (non-hydrogen) atoms. The van der Waals surface area contributed by atoms with Crippen molar-refractivity contribution in [3.8, 4) is 0 Å². The van der Waals surface area contributed by atoms with Gasteiger partial charge in [0.15, 0.2) is 9.04 Å². The number of rotatable bonds is 26. The molecule has 0 aromatic rings. The van der Waals surface area contributed by atoms with Gasteiger partial charge in [-0.3, -0.25) is 0 Å². The van der Waals surface area contributed by atoms with Gasteiger partial charge in [-0.05, 0) is 112 Å². The van der Waals surface area contributed by atoms with Gasteiger partial charge in [-0.2, -0.15) is 0 Å². The number of hydrogen-bond donors (Lipinski definition) is 0. The van der Waals surface area contributed by atoms with Crippen LogP contribution in [0, 0.1) is 0 Å². The van der Waals surface area contributed by atoms with E-state index in [-0.39, 0.29) is 0 Å². The molecule has 0 radical (unpaired) electrons. The first-order valence-corrected chi connectivity index (χ1v) is 40.2. The van der Waals surface area contributed by atoms with Crippen LogP contribution in [0.4, 0.5) is 0 Å². The Kier molecular flexibility index (Phi) is 20.7. The van der Waals surface area contributed by atoms with Crippen molar-refractivity contribution in [1.82, 2.24) is 0 Å². The van der Waals surface area contributed by atoms with Gasteiger partial charge in [-0.25, -0.2) is 0 Å². The van der Waals surface area contributed by atoms with Gasteiger partial charge in [0.1, 0.15) is 0 Å². The Labute approximate surface area is 284 Å². The second-order valence-corrected chi connectivity index (χ2v) is 44.1. The topological polar surface area (TPSA) is 120 Å². The molecule has 0 aromatic carbocycles. The Morgan fingerprint density at radius 1 is 0.409 bits per heavy atom. The van der Waals surface area contributed by atoms with Crippen LogP contribution in [-0.4, -0.2) is 119 Å². The predicted molar refractivity (Wildman–Crippen MR) is 201 cm³/mol. The summed E-state index contributed by atoms with van der Waals surface area (Å²) in [6.45, 7) is 36.1. The first-order chi connectivity index (χ1) is 19.8. The normalized spacial score (nSPS) is 16.5. The predicted octanol–water partition coefficient (Wildman–Crippen LogP) is 2.89. The van der Waals surface area contributed by atoms with E-state index in [1.165, 1.54) is 0 Å². The smallest absolute Gasteiger partial charge is 0.440 e. The monoisotopic (exact) mass is 820 g/mol. The Bertz CT molecular complexity index is 781. The molecule has 0 saturated carbocycles. The van der Waals surface area contributed by atoms with E-state index < -0.39 is 99.5 Å². The van der Waals surface area contributed by atoms with Crippen molar-refractivity contribution in [3.05, 3.63) is 0 Å². The molecule has 0 unspecified atom stereocenters. The van der Waals surface area contributed by atoms with Gasteiger partial charge < -0.3 is 54.4 Å². The van der Waals surface area contributed by atoms with Crippen LogP contribution in [0.5, 0.6) is 0 Å². The summed E-state index contributed by atoms with van der Waals surface area (Å²) < 4.78 is 81.5. The van der Waals surface area contributed by atoms with E-state index in [9.17, 15) is 0 Å². The Morgan fingerprint density at radius 2 is 0.659 bits per heavy atom. The van der Waals surface area contributed by atoms with Crippen molar-refractivity contribution < 1.29 is 54.4 Å². The molecule has 0 amide bonds. The zero-order chi connectivity index (χ0) is 34.5. The van der Waals surface area contributed by atoms with Crippen molar-refractivity contribution in [2.45, 2.75) is 112 Å². The molecule has 0 saturated heterocycles. The molecule has 0 rings (SSSR count). The standard InChI is InChI=1S/C20H64O13Si11/c1-18-21-34-24-44(25-35-22-19-2,26-36-23-20-3)33-43(16,17)32-42(14,15)31-41(12,13)30-40(10,11)29-39(8,9)28-38(6,7)27-37(4)5/h37H,18-20,34-36H2,1-17H3. The van der Waals surface area contributed by atoms with Crippen molar-refractivity contribution in [1.29, 1.82) is 0 Å². The summed E-state index contributed by atoms with van der Waals surface area (Å²) in [5.74, 6) is 0. The lowest BCUT2D eigenvalue weighted by molar-refractivity contribution is 0.108. The van der Waals surface area contributed by atoms with E-state index in [4.69, 9.17) is 54.4 Å². The largest absolute Gasteiger partial charge is 0.642 e. The maximum absolute atomic E-state index is 6.73. The van der Waals surface area contributed by atoms with Gasteiger partial charge in [0.2, 0.25) is 0 Å². The molecule has 266 valence electrons. The van der Waals surface area contributed by atoms with E-state index >= 15 is 0 Å². The molecule has 0 aromatic heterocycles. The summed E-state index contributed by atoms with van der Waals surface area (Å²) in [6, 6.07) is 0. The van der Waals surface area contributed by atoms with E-state index in [0.717, 1.165) is 0 Å². The second kappa shape index (κ2) is 19.9. The summed E-state index contributed by atoms with van der Waals surface area (Å²) in [5, 5.41) is 0. The van der Waals surface area contributed by atoms with Crippen LogP contribution in [-0.2, 0) is 54.4 Å². The van der Waals surface area contributed by atoms with Crippen LogP contribution in [0.2, 0.25) is 91.7 Å². The van der Waals surface area contributed by atoms with Crippen molar-refractivity contribution >= 4 is 99.5 Å². The highest BCUT2D eigenvalue weighted by Gasteiger charge is 2.53. The van der Waals surface area contributed by atoms with Gasteiger partial charge >= 0.3 is 60.4 Å². The van der Waals surface area contributed by atoms with Crippen LogP contribution in [0.1, 0.15) is 20.8 Å². The van der Waals surface area contributed by atoms with E-state index in [1.807, 2.05) is 73.1 Å². The third-order valence-corrected chi connectivity index (χ3v) is 39.1. The third-order valence-electron chi connectivity index (χ3n) is 4.92. The lowest BCUT2D eigenvalue weighted by atomic mass is 10.9. The molecule has 0 N–H and O–H groups in total. The molecule has 0 heterocycles. The lowest BCUT2D eigenvalue weighted by Gasteiger charge is -2.43. The fourth-order valence-electron chi connectivity index (χ4n) is 4.76. The molecule has 0 bridgehead atoms. The van der Waals surface area contributed by atoms with Crippen LogP contribution in [0.25, 0.3) is 0 Å². The summed E-state index contributed by atoms with van der Waals surface area (Å²) in [4.78, 5) is 0. The van der Waals surface area contributed by atoms with E-state index in [2.05, 4.69) is 39.3 Å². The molecule has 0 aliphatic carbocycles. The molecule has 0 aliphatic heterocycles. The summed E-state index contributed by atoms with van der Waals surface area (Å²) >= 11 is 0. The molecule has 0 fully saturated rings. The minimum absolute atomic E-state index is 0.537.